The third-order valence-electron chi connectivity index (χ3n) is 5.19. The summed E-state index contributed by atoms with van der Waals surface area (Å²) in [5.74, 6) is -0.148. The normalized spacial score (nSPS) is 12.5. The SMILES string of the molecule is Cc1ccccc1-n1nc(C(=O)c2cccs2)cc(C2=Nc3ccccc3C2)c1=N. The summed E-state index contributed by atoms with van der Waals surface area (Å²) >= 11 is 1.39. The van der Waals surface area contributed by atoms with E-state index in [0.717, 1.165) is 28.2 Å². The summed E-state index contributed by atoms with van der Waals surface area (Å²) in [5.41, 5.74) is 5.74. The van der Waals surface area contributed by atoms with E-state index >= 15 is 0 Å². The quantitative estimate of drug-likeness (QED) is 0.498. The number of carbonyl (C=O) groups is 1. The molecule has 0 amide bonds. The molecular weight excluding hydrogens is 392 g/mol. The zero-order valence-corrected chi connectivity index (χ0v) is 17.1. The second kappa shape index (κ2) is 7.31. The zero-order chi connectivity index (χ0) is 20.7. The van der Waals surface area contributed by atoms with Crippen LogP contribution >= 0.6 is 11.3 Å². The number of ketones is 1. The van der Waals surface area contributed by atoms with Crippen LogP contribution in [0.2, 0.25) is 0 Å². The third-order valence-corrected chi connectivity index (χ3v) is 6.06. The van der Waals surface area contributed by atoms with E-state index in [2.05, 4.69) is 5.10 Å². The lowest BCUT2D eigenvalue weighted by molar-refractivity contribution is 0.103. The lowest BCUT2D eigenvalue weighted by Gasteiger charge is -2.13. The van der Waals surface area contributed by atoms with Gasteiger partial charge >= 0.3 is 0 Å². The summed E-state index contributed by atoms with van der Waals surface area (Å²) < 4.78 is 1.55. The fourth-order valence-corrected chi connectivity index (χ4v) is 4.31. The van der Waals surface area contributed by atoms with Crippen molar-refractivity contribution < 1.29 is 4.79 Å². The Kier molecular flexibility index (Phi) is 4.48. The number of carbonyl (C=O) groups excluding carboxylic acids is 1. The summed E-state index contributed by atoms with van der Waals surface area (Å²) in [7, 11) is 0. The highest BCUT2D eigenvalue weighted by Gasteiger charge is 2.22. The smallest absolute Gasteiger partial charge is 0.223 e. The standard InChI is InChI=1S/C24H18N4OS/c1-15-7-2-5-10-21(15)28-24(25)17(19-13-16-8-3-4-9-18(16)26-19)14-20(27-28)23(29)22-11-6-12-30-22/h2-12,14,25H,13H2,1H3. The minimum absolute atomic E-state index is 0.148. The molecular formula is C24H18N4OS. The minimum Gasteiger partial charge on any atom is -0.286 e. The Labute approximate surface area is 177 Å². The summed E-state index contributed by atoms with van der Waals surface area (Å²) in [4.78, 5) is 18.5. The van der Waals surface area contributed by atoms with Crippen molar-refractivity contribution in [1.82, 2.24) is 9.78 Å². The molecule has 146 valence electrons. The molecule has 2 aromatic heterocycles. The van der Waals surface area contributed by atoms with E-state index in [0.29, 0.717) is 22.6 Å². The monoisotopic (exact) mass is 410 g/mol. The summed E-state index contributed by atoms with van der Waals surface area (Å²) in [6.07, 6.45) is 0.631. The van der Waals surface area contributed by atoms with Crippen LogP contribution in [0, 0.1) is 12.3 Å². The van der Waals surface area contributed by atoms with Crippen molar-refractivity contribution >= 4 is 28.5 Å². The highest BCUT2D eigenvalue weighted by molar-refractivity contribution is 7.12. The van der Waals surface area contributed by atoms with Gasteiger partial charge in [0, 0.05) is 12.0 Å². The Hall–Kier alpha value is -3.64. The van der Waals surface area contributed by atoms with Crippen LogP contribution in [0.3, 0.4) is 0 Å². The average molecular weight is 411 g/mol. The van der Waals surface area contributed by atoms with E-state index in [9.17, 15) is 4.79 Å². The van der Waals surface area contributed by atoms with Crippen molar-refractivity contribution in [1.29, 1.82) is 5.41 Å². The number of fused-ring (bicyclic) bond motifs is 1. The highest BCUT2D eigenvalue weighted by atomic mass is 32.1. The van der Waals surface area contributed by atoms with E-state index in [4.69, 9.17) is 10.4 Å². The van der Waals surface area contributed by atoms with Crippen LogP contribution in [-0.2, 0) is 6.42 Å². The van der Waals surface area contributed by atoms with Gasteiger partial charge in [-0.15, -0.1) is 11.3 Å². The Balaban J connectivity index is 1.72. The van der Waals surface area contributed by atoms with E-state index < -0.39 is 0 Å². The molecule has 3 heterocycles. The molecule has 0 atom stereocenters. The second-order valence-electron chi connectivity index (χ2n) is 7.16. The first kappa shape index (κ1) is 18.4. The lowest BCUT2D eigenvalue weighted by atomic mass is 10.0. The van der Waals surface area contributed by atoms with Crippen LogP contribution in [0.15, 0.2) is 77.1 Å². The minimum atomic E-state index is -0.148. The number of para-hydroxylation sites is 2. The number of thiophene rings is 1. The van der Waals surface area contributed by atoms with Crippen LogP contribution < -0.4 is 5.49 Å². The second-order valence-corrected chi connectivity index (χ2v) is 8.11. The number of aryl methyl sites for hydroxylation is 1. The fraction of sp³-hybridized carbons (Fsp3) is 0.0833. The zero-order valence-electron chi connectivity index (χ0n) is 16.3. The molecule has 0 bridgehead atoms. The number of aromatic nitrogens is 2. The maximum atomic E-state index is 13.1. The maximum Gasteiger partial charge on any atom is 0.223 e. The molecule has 0 unspecified atom stereocenters. The van der Waals surface area contributed by atoms with Gasteiger partial charge in [0.1, 0.15) is 5.69 Å². The molecule has 5 nitrogen and oxygen atoms in total. The summed E-state index contributed by atoms with van der Waals surface area (Å²) in [5, 5.41) is 15.3. The van der Waals surface area contributed by atoms with Crippen molar-refractivity contribution in [3.8, 4) is 5.69 Å². The van der Waals surface area contributed by atoms with Crippen molar-refractivity contribution in [3.05, 3.63) is 105 Å². The Morgan fingerprint density at radius 2 is 1.87 bits per heavy atom. The van der Waals surface area contributed by atoms with Crippen LogP contribution in [0.4, 0.5) is 5.69 Å². The van der Waals surface area contributed by atoms with Gasteiger partial charge in [0.05, 0.1) is 22.0 Å². The topological polar surface area (TPSA) is 71.1 Å². The molecule has 0 aliphatic carbocycles. The number of hydrogen-bond acceptors (Lipinski definition) is 5. The molecule has 4 aromatic rings. The number of aliphatic imine (C=N–C) groups is 1. The largest absolute Gasteiger partial charge is 0.286 e. The van der Waals surface area contributed by atoms with E-state index in [1.165, 1.54) is 11.3 Å². The number of nitrogens with zero attached hydrogens (tertiary/aromatic N) is 3. The molecule has 6 heteroatoms. The first-order valence-corrected chi connectivity index (χ1v) is 10.5. The number of hydrogen-bond donors (Lipinski definition) is 1. The fourth-order valence-electron chi connectivity index (χ4n) is 3.64. The summed E-state index contributed by atoms with van der Waals surface area (Å²) in [6, 6.07) is 21.1. The van der Waals surface area contributed by atoms with Gasteiger partial charge in [-0.1, -0.05) is 42.5 Å². The predicted molar refractivity (Wildman–Crippen MR) is 118 cm³/mol. The first-order chi connectivity index (χ1) is 14.6. The average Bonchev–Trinajstić information content (AvgIpc) is 3.44. The van der Waals surface area contributed by atoms with Crippen LogP contribution in [0.5, 0.6) is 0 Å². The summed E-state index contributed by atoms with van der Waals surface area (Å²) in [6.45, 7) is 1.97. The van der Waals surface area contributed by atoms with Gasteiger partial charge in [-0.05, 0) is 47.7 Å². The number of benzene rings is 2. The molecule has 0 saturated carbocycles. The molecule has 0 radical (unpaired) electrons. The molecule has 1 aliphatic rings. The van der Waals surface area contributed by atoms with Gasteiger partial charge in [-0.2, -0.15) is 5.10 Å². The van der Waals surface area contributed by atoms with Crippen LogP contribution in [-0.4, -0.2) is 21.3 Å². The Morgan fingerprint density at radius 1 is 1.07 bits per heavy atom. The van der Waals surface area contributed by atoms with Gasteiger partial charge < -0.3 is 0 Å². The van der Waals surface area contributed by atoms with E-state index in [-0.39, 0.29) is 11.3 Å². The first-order valence-electron chi connectivity index (χ1n) is 9.61. The van der Waals surface area contributed by atoms with Crippen LogP contribution in [0.1, 0.15) is 32.1 Å². The molecule has 30 heavy (non-hydrogen) atoms. The van der Waals surface area contributed by atoms with Crippen molar-refractivity contribution in [3.63, 3.8) is 0 Å². The van der Waals surface area contributed by atoms with Crippen molar-refractivity contribution in [2.75, 3.05) is 0 Å². The van der Waals surface area contributed by atoms with E-state index in [1.54, 1.807) is 16.8 Å². The molecule has 1 aliphatic heterocycles. The highest BCUT2D eigenvalue weighted by Crippen LogP contribution is 2.28. The molecule has 1 N–H and O–H groups in total. The predicted octanol–water partition coefficient (Wildman–Crippen LogP) is 4.63. The lowest BCUT2D eigenvalue weighted by Crippen LogP contribution is -2.30. The van der Waals surface area contributed by atoms with E-state index in [1.807, 2.05) is 66.9 Å². The third kappa shape index (κ3) is 3.11. The number of rotatable bonds is 4. The molecule has 2 aromatic carbocycles. The van der Waals surface area contributed by atoms with Gasteiger partial charge in [0.2, 0.25) is 5.78 Å². The van der Waals surface area contributed by atoms with Gasteiger partial charge in [-0.3, -0.25) is 15.2 Å². The van der Waals surface area contributed by atoms with Crippen molar-refractivity contribution in [2.24, 2.45) is 4.99 Å². The molecule has 0 spiro atoms. The van der Waals surface area contributed by atoms with Crippen molar-refractivity contribution in [2.45, 2.75) is 13.3 Å². The Bertz CT molecular complexity index is 1370. The molecule has 5 rings (SSSR count). The molecule has 0 saturated heterocycles. The maximum absolute atomic E-state index is 13.1. The van der Waals surface area contributed by atoms with Crippen LogP contribution in [0.25, 0.3) is 5.69 Å². The van der Waals surface area contributed by atoms with Gasteiger partial charge in [0.15, 0.2) is 5.49 Å². The Morgan fingerprint density at radius 3 is 2.63 bits per heavy atom. The van der Waals surface area contributed by atoms with Gasteiger partial charge in [0.25, 0.3) is 0 Å². The van der Waals surface area contributed by atoms with Gasteiger partial charge in [-0.25, -0.2) is 4.68 Å². The number of nitrogens with one attached hydrogen (secondary N) is 1. The molecule has 0 fully saturated rings.